The van der Waals surface area contributed by atoms with Gasteiger partial charge in [-0.2, -0.15) is 0 Å². The molecule has 0 amide bonds. The van der Waals surface area contributed by atoms with Crippen LogP contribution < -0.4 is 0 Å². The second-order valence-electron chi connectivity index (χ2n) is 16.5. The lowest BCUT2D eigenvalue weighted by Crippen LogP contribution is -2.72. The van der Waals surface area contributed by atoms with Crippen molar-refractivity contribution in [1.82, 2.24) is 0 Å². The molecule has 0 radical (unpaired) electrons. The quantitative estimate of drug-likeness (QED) is 0.176. The lowest BCUT2D eigenvalue weighted by molar-refractivity contribution is -0.252. The third-order valence-corrected chi connectivity index (χ3v) is 13.2. The molecular weight excluding hydrogens is 525 g/mol. The van der Waals surface area contributed by atoms with Gasteiger partial charge in [0.1, 0.15) is 0 Å². The van der Waals surface area contributed by atoms with Gasteiger partial charge in [0.25, 0.3) is 0 Å². The van der Waals surface area contributed by atoms with Crippen LogP contribution >= 0.6 is 0 Å². The number of fused-ring (bicyclic) bond motifs is 3. The van der Waals surface area contributed by atoms with Gasteiger partial charge in [0.15, 0.2) is 25.0 Å². The molecule has 0 aromatic carbocycles. The second-order valence-corrected chi connectivity index (χ2v) is 29.9. The zero-order chi connectivity index (χ0) is 28.7. The minimum Gasteiger partial charge on any atom is -0.469 e. The Morgan fingerprint density at radius 3 is 2.00 bits per heavy atom. The summed E-state index contributed by atoms with van der Waals surface area (Å²) in [5.74, 6) is 0.732. The lowest BCUT2D eigenvalue weighted by atomic mass is 9.39. The standard InChI is InChI=1S/C30H56O5Si3/c1-20-18-30-19-21(20)22(33-36(5,6)7)17-23(30)28(2)15-14-16-29(3,27(31)32-4)25(28)24(34-37(8,9)10)26(30)35-38(11,12)13/h21-26H,1,14-19H2,2-13H3/t21-,22+,23?,24-,25?,26-,28+,29-,30+/m0/s1. The second kappa shape index (κ2) is 9.65. The average Bonchev–Trinajstić information content (AvgIpc) is 3.02. The number of hydrogen-bond acceptors (Lipinski definition) is 5. The summed E-state index contributed by atoms with van der Waals surface area (Å²) < 4.78 is 27.1. The van der Waals surface area contributed by atoms with Crippen molar-refractivity contribution >= 4 is 30.9 Å². The van der Waals surface area contributed by atoms with Gasteiger partial charge in [0.05, 0.1) is 30.8 Å². The molecule has 0 aromatic rings. The van der Waals surface area contributed by atoms with Crippen molar-refractivity contribution in [1.29, 1.82) is 0 Å². The topological polar surface area (TPSA) is 54.0 Å². The molecule has 0 aromatic heterocycles. The highest BCUT2D eigenvalue weighted by Gasteiger charge is 2.74. The Hall–Kier alpha value is -0.259. The van der Waals surface area contributed by atoms with Crippen LogP contribution in [0, 0.1) is 34.0 Å². The highest BCUT2D eigenvalue weighted by molar-refractivity contribution is 6.70. The molecule has 4 fully saturated rings. The van der Waals surface area contributed by atoms with E-state index in [0.29, 0.717) is 11.8 Å². The maximum Gasteiger partial charge on any atom is 0.311 e. The Kier molecular flexibility index (Phi) is 7.79. The zero-order valence-corrected chi connectivity index (χ0v) is 29.5. The molecule has 38 heavy (non-hydrogen) atoms. The van der Waals surface area contributed by atoms with E-state index >= 15 is 0 Å². The molecule has 218 valence electrons. The van der Waals surface area contributed by atoms with Crippen LogP contribution in [0.2, 0.25) is 58.9 Å². The van der Waals surface area contributed by atoms with Gasteiger partial charge in [-0.05, 0) is 109 Å². The van der Waals surface area contributed by atoms with E-state index in [1.54, 1.807) is 7.11 Å². The number of carbonyl (C=O) groups is 1. The van der Waals surface area contributed by atoms with Crippen LogP contribution in [-0.2, 0) is 22.8 Å². The summed E-state index contributed by atoms with van der Waals surface area (Å²) in [5, 5.41) is 0. The maximum absolute atomic E-state index is 13.7. The van der Waals surface area contributed by atoms with Crippen molar-refractivity contribution in [2.45, 2.75) is 130 Å². The van der Waals surface area contributed by atoms with Crippen LogP contribution in [0.3, 0.4) is 0 Å². The van der Waals surface area contributed by atoms with E-state index in [1.165, 1.54) is 5.57 Å². The summed E-state index contributed by atoms with van der Waals surface area (Å²) >= 11 is 0. The third-order valence-electron chi connectivity index (χ3n) is 10.2. The summed E-state index contributed by atoms with van der Waals surface area (Å²) in [5.41, 5.74) is 0.656. The molecule has 5 nitrogen and oxygen atoms in total. The molecule has 2 unspecified atom stereocenters. The van der Waals surface area contributed by atoms with Crippen molar-refractivity contribution in [2.24, 2.45) is 34.0 Å². The fourth-order valence-electron chi connectivity index (χ4n) is 9.47. The minimum atomic E-state index is -1.99. The molecule has 0 N–H and O–H groups in total. The van der Waals surface area contributed by atoms with Crippen molar-refractivity contribution in [2.75, 3.05) is 7.11 Å². The van der Waals surface area contributed by atoms with E-state index in [4.69, 9.17) is 18.0 Å². The molecule has 4 aliphatic carbocycles. The van der Waals surface area contributed by atoms with Gasteiger partial charge in [0, 0.05) is 17.3 Å². The first kappa shape index (κ1) is 30.7. The van der Waals surface area contributed by atoms with Crippen molar-refractivity contribution < 1.29 is 22.8 Å². The van der Waals surface area contributed by atoms with E-state index < -0.39 is 30.4 Å². The fourth-order valence-corrected chi connectivity index (χ4v) is 12.8. The Morgan fingerprint density at radius 1 is 0.895 bits per heavy atom. The van der Waals surface area contributed by atoms with E-state index in [9.17, 15) is 4.79 Å². The molecule has 4 saturated carbocycles. The predicted octanol–water partition coefficient (Wildman–Crippen LogP) is 7.62. The van der Waals surface area contributed by atoms with Crippen LogP contribution in [0.1, 0.15) is 52.4 Å². The zero-order valence-electron chi connectivity index (χ0n) is 26.5. The molecule has 0 heterocycles. The molecule has 4 rings (SSSR count). The molecule has 0 aliphatic heterocycles. The van der Waals surface area contributed by atoms with E-state index in [1.807, 2.05) is 0 Å². The van der Waals surface area contributed by atoms with E-state index in [0.717, 1.165) is 38.5 Å². The van der Waals surface area contributed by atoms with Gasteiger partial charge in [0.2, 0.25) is 0 Å². The van der Waals surface area contributed by atoms with E-state index in [2.05, 4.69) is 79.3 Å². The normalized spacial score (nSPS) is 43.4. The largest absolute Gasteiger partial charge is 0.469 e. The van der Waals surface area contributed by atoms with Crippen LogP contribution in [-0.4, -0.2) is 56.3 Å². The number of hydrogen-bond donors (Lipinski definition) is 0. The van der Waals surface area contributed by atoms with Gasteiger partial charge in [-0.25, -0.2) is 0 Å². The van der Waals surface area contributed by atoms with Gasteiger partial charge < -0.3 is 18.0 Å². The van der Waals surface area contributed by atoms with Crippen molar-refractivity contribution in [3.05, 3.63) is 12.2 Å². The van der Waals surface area contributed by atoms with Gasteiger partial charge in [-0.15, -0.1) is 0 Å². The van der Waals surface area contributed by atoms with Crippen molar-refractivity contribution in [3.63, 3.8) is 0 Å². The molecule has 1 spiro atoms. The fraction of sp³-hybridized carbons (Fsp3) is 0.900. The summed E-state index contributed by atoms with van der Waals surface area (Å²) in [6, 6.07) is 0. The van der Waals surface area contributed by atoms with Crippen molar-refractivity contribution in [3.8, 4) is 0 Å². The van der Waals surface area contributed by atoms with Gasteiger partial charge >= 0.3 is 5.97 Å². The van der Waals surface area contributed by atoms with Crippen LogP contribution in [0.25, 0.3) is 0 Å². The monoisotopic (exact) mass is 580 g/mol. The molecule has 2 bridgehead atoms. The Bertz CT molecular complexity index is 949. The first-order valence-corrected chi connectivity index (χ1v) is 25.2. The molecule has 9 atom stereocenters. The summed E-state index contributed by atoms with van der Waals surface area (Å²) in [6.07, 6.45) is 6.13. The lowest BCUT2D eigenvalue weighted by Gasteiger charge is -2.69. The molecule has 4 aliphatic rings. The first-order chi connectivity index (χ1) is 17.2. The SMILES string of the molecule is C=C1C[C@@]23C[C@@H]1[C@H](O[Si](C)(C)C)CC2[C@@]1(C)CCC[C@](C)(C(=O)OC)C1[C@H](O[Si](C)(C)C)[C@@H]3O[Si](C)(C)C. The summed E-state index contributed by atoms with van der Waals surface area (Å²) in [7, 11) is -4.14. The van der Waals surface area contributed by atoms with Crippen LogP contribution in [0.15, 0.2) is 12.2 Å². The number of carbonyl (C=O) groups excluding carboxylic acids is 1. The summed E-state index contributed by atoms with van der Waals surface area (Å²) in [4.78, 5) is 13.7. The smallest absolute Gasteiger partial charge is 0.311 e. The summed E-state index contributed by atoms with van der Waals surface area (Å²) in [6.45, 7) is 30.0. The minimum absolute atomic E-state index is 0.0226. The van der Waals surface area contributed by atoms with Crippen LogP contribution in [0.4, 0.5) is 0 Å². The Balaban J connectivity index is 1.95. The highest BCUT2D eigenvalue weighted by atomic mass is 28.4. The molecular formula is C30H56O5Si3. The molecule has 0 saturated heterocycles. The predicted molar refractivity (Wildman–Crippen MR) is 163 cm³/mol. The highest BCUT2D eigenvalue weighted by Crippen LogP contribution is 2.73. The number of rotatable bonds is 7. The van der Waals surface area contributed by atoms with Gasteiger partial charge in [-0.1, -0.05) is 25.5 Å². The molecule has 8 heteroatoms. The first-order valence-electron chi connectivity index (χ1n) is 15.0. The Labute approximate surface area is 236 Å². The van der Waals surface area contributed by atoms with E-state index in [-0.39, 0.29) is 41.0 Å². The maximum atomic E-state index is 13.7. The van der Waals surface area contributed by atoms with Crippen LogP contribution in [0.5, 0.6) is 0 Å². The third kappa shape index (κ3) is 5.24. The average molecular weight is 581 g/mol. The Morgan fingerprint density at radius 2 is 1.47 bits per heavy atom. The number of methoxy groups -OCH3 is 1. The number of esters is 1. The van der Waals surface area contributed by atoms with Gasteiger partial charge in [-0.3, -0.25) is 4.79 Å². The number of ether oxygens (including phenoxy) is 1.